The molecule has 1 fully saturated rings. The molecule has 0 radical (unpaired) electrons. The number of carbonyl (C=O) groups is 3. The van der Waals surface area contributed by atoms with Gasteiger partial charge in [-0.05, 0) is 23.9 Å². The van der Waals surface area contributed by atoms with E-state index in [1.807, 2.05) is 0 Å². The molecule has 0 saturated carbocycles. The molecule has 15 heteroatoms. The van der Waals surface area contributed by atoms with Crippen LogP contribution in [0.1, 0.15) is 11.4 Å². The first kappa shape index (κ1) is 23.6. The number of nitrogens with two attached hydrogens (primary N) is 1. The summed E-state index contributed by atoms with van der Waals surface area (Å²) in [4.78, 5) is 37.3. The Bertz CT molecular complexity index is 1090. The van der Waals surface area contributed by atoms with Crippen molar-refractivity contribution in [2.45, 2.75) is 11.3 Å². The lowest BCUT2D eigenvalue weighted by molar-refractivity contribution is -0.146. The van der Waals surface area contributed by atoms with Crippen molar-refractivity contribution in [1.29, 1.82) is 0 Å². The predicted molar refractivity (Wildman–Crippen MR) is 108 cm³/mol. The van der Waals surface area contributed by atoms with E-state index < -0.39 is 34.9 Å². The molecular weight excluding hydrogens is 476 g/mol. The third kappa shape index (κ3) is 5.40. The van der Waals surface area contributed by atoms with Gasteiger partial charge in [0.15, 0.2) is 0 Å². The van der Waals surface area contributed by atoms with Crippen LogP contribution in [0.4, 0.5) is 22.4 Å². The van der Waals surface area contributed by atoms with Gasteiger partial charge >= 0.3 is 6.18 Å². The topological polar surface area (TPSA) is 123 Å². The molecular formula is C17H14F4N6O3S2. The minimum atomic E-state index is -4.78. The van der Waals surface area contributed by atoms with Crippen LogP contribution in [-0.4, -0.2) is 55.7 Å². The van der Waals surface area contributed by atoms with Gasteiger partial charge in [-0.15, -0.1) is 10.2 Å². The first-order valence-electron chi connectivity index (χ1n) is 8.75. The van der Waals surface area contributed by atoms with Crippen LogP contribution >= 0.6 is 23.5 Å². The summed E-state index contributed by atoms with van der Waals surface area (Å²) in [6.07, 6.45) is -3.51. The molecule has 0 atom stereocenters. The first-order chi connectivity index (χ1) is 15.1. The number of nitrogens with one attached hydrogen (secondary N) is 1. The monoisotopic (exact) mass is 490 g/mol. The number of halogens is 4. The molecule has 3 rings (SSSR count). The molecule has 1 aromatic heterocycles. The van der Waals surface area contributed by atoms with E-state index in [2.05, 4.69) is 15.5 Å². The van der Waals surface area contributed by atoms with E-state index in [1.54, 1.807) is 6.07 Å². The molecule has 0 aliphatic carbocycles. The Morgan fingerprint density at radius 3 is 2.62 bits per heavy atom. The molecule has 1 saturated heterocycles. The minimum absolute atomic E-state index is 0.0460. The lowest BCUT2D eigenvalue weighted by atomic mass is 10.2. The molecule has 3 N–H and O–H groups in total. The van der Waals surface area contributed by atoms with Gasteiger partial charge in [-0.3, -0.25) is 19.3 Å². The summed E-state index contributed by atoms with van der Waals surface area (Å²) in [6.45, 7) is -0.228. The van der Waals surface area contributed by atoms with Crippen LogP contribution in [0.2, 0.25) is 0 Å². The van der Waals surface area contributed by atoms with Crippen molar-refractivity contribution in [3.8, 4) is 0 Å². The van der Waals surface area contributed by atoms with Crippen molar-refractivity contribution < 1.29 is 31.9 Å². The number of rotatable bonds is 7. The highest BCUT2D eigenvalue weighted by molar-refractivity contribution is 8.18. The summed E-state index contributed by atoms with van der Waals surface area (Å²) in [6, 6.07) is 5.76. The maximum absolute atomic E-state index is 13.7. The van der Waals surface area contributed by atoms with Crippen LogP contribution in [0.5, 0.6) is 0 Å². The summed E-state index contributed by atoms with van der Waals surface area (Å²) in [5, 5.41) is 7.78. The highest BCUT2D eigenvalue weighted by Gasteiger charge is 2.38. The lowest BCUT2D eigenvalue weighted by Gasteiger charge is -2.13. The number of nitrogen functional groups attached to an aromatic ring is 1. The Morgan fingerprint density at radius 1 is 1.25 bits per heavy atom. The zero-order chi connectivity index (χ0) is 23.5. The Kier molecular flexibility index (Phi) is 7.08. The smallest absolute Gasteiger partial charge is 0.354 e. The molecule has 2 aromatic rings. The average Bonchev–Trinajstić information content (AvgIpc) is 3.22. The van der Waals surface area contributed by atoms with Crippen molar-refractivity contribution in [2.75, 3.05) is 24.7 Å². The van der Waals surface area contributed by atoms with Gasteiger partial charge in [0.05, 0.1) is 10.7 Å². The number of benzene rings is 1. The lowest BCUT2D eigenvalue weighted by Crippen LogP contribution is -2.37. The fraction of sp³-hybridized carbons (Fsp3) is 0.235. The molecule has 1 aliphatic rings. The summed E-state index contributed by atoms with van der Waals surface area (Å²) in [5.74, 6) is 1.81. The van der Waals surface area contributed by atoms with Crippen molar-refractivity contribution >= 4 is 46.7 Å². The van der Waals surface area contributed by atoms with Crippen LogP contribution in [-0.2, 0) is 15.8 Å². The molecule has 32 heavy (non-hydrogen) atoms. The highest BCUT2D eigenvalue weighted by Crippen LogP contribution is 2.32. The molecule has 0 bridgehead atoms. The number of imide groups is 1. The molecule has 9 nitrogen and oxygen atoms in total. The Hall–Kier alpha value is -3.07. The van der Waals surface area contributed by atoms with Crippen LogP contribution in [0.3, 0.4) is 0 Å². The average molecular weight is 490 g/mol. The van der Waals surface area contributed by atoms with E-state index >= 15 is 0 Å². The van der Waals surface area contributed by atoms with Crippen LogP contribution in [0, 0.1) is 5.82 Å². The van der Waals surface area contributed by atoms with Gasteiger partial charge in [-0.2, -0.15) is 13.2 Å². The normalized spacial score (nSPS) is 15.6. The number of hydrogen-bond acceptors (Lipinski definition) is 8. The second-order valence-electron chi connectivity index (χ2n) is 6.17. The van der Waals surface area contributed by atoms with Crippen molar-refractivity contribution in [3.05, 3.63) is 46.4 Å². The summed E-state index contributed by atoms with van der Waals surface area (Å²) < 4.78 is 51.9. The van der Waals surface area contributed by atoms with Gasteiger partial charge < -0.3 is 11.2 Å². The first-order valence-corrected chi connectivity index (χ1v) is 10.5. The zero-order valence-corrected chi connectivity index (χ0v) is 17.6. The zero-order valence-electron chi connectivity index (χ0n) is 15.9. The van der Waals surface area contributed by atoms with E-state index in [0.29, 0.717) is 23.5 Å². The largest absolute Gasteiger partial charge is 0.453 e. The van der Waals surface area contributed by atoms with Gasteiger partial charge in [0.1, 0.15) is 5.82 Å². The van der Waals surface area contributed by atoms with Crippen molar-refractivity contribution in [3.63, 3.8) is 0 Å². The standard InChI is InChI=1S/C17H14F4N6O3S2/c18-10-4-2-1-3-9(10)7-11-13(29)26(16(30)32-11)6-5-23-12(28)8-31-15-25-24-14(27(15)22)17(19,20)21/h1-4,7H,5-6,8,22H2,(H,23,28)/b11-7-. The van der Waals surface area contributed by atoms with Crippen molar-refractivity contribution in [1.82, 2.24) is 25.1 Å². The number of aromatic nitrogens is 3. The second kappa shape index (κ2) is 9.60. The SMILES string of the molecule is Nn1c(SCC(=O)NCCN2C(=O)S/C(=C\c3ccccc3F)C2=O)nnc1C(F)(F)F. The molecule has 2 heterocycles. The number of nitrogens with zero attached hydrogens (tertiary/aromatic N) is 4. The Labute approximate surface area is 186 Å². The maximum atomic E-state index is 13.7. The number of amides is 3. The van der Waals surface area contributed by atoms with E-state index in [-0.39, 0.29) is 39.1 Å². The van der Waals surface area contributed by atoms with Gasteiger partial charge in [0.25, 0.3) is 17.0 Å². The highest BCUT2D eigenvalue weighted by atomic mass is 32.2. The molecule has 1 aromatic carbocycles. The number of carbonyl (C=O) groups excluding carboxylic acids is 3. The van der Waals surface area contributed by atoms with Crippen molar-refractivity contribution in [2.24, 2.45) is 0 Å². The molecule has 170 valence electrons. The Morgan fingerprint density at radius 2 is 1.97 bits per heavy atom. The summed E-state index contributed by atoms with van der Waals surface area (Å²) in [7, 11) is 0. The number of hydrogen-bond donors (Lipinski definition) is 2. The molecule has 0 unspecified atom stereocenters. The third-order valence-electron chi connectivity index (χ3n) is 3.97. The molecule has 3 amide bonds. The summed E-state index contributed by atoms with van der Waals surface area (Å²) in [5.41, 5.74) is 0.157. The van der Waals surface area contributed by atoms with E-state index in [4.69, 9.17) is 5.84 Å². The molecule has 0 spiro atoms. The van der Waals surface area contributed by atoms with Crippen LogP contribution < -0.4 is 11.2 Å². The van der Waals surface area contributed by atoms with Crippen LogP contribution in [0.25, 0.3) is 6.08 Å². The third-order valence-corrected chi connectivity index (χ3v) is 5.82. The van der Waals surface area contributed by atoms with Crippen LogP contribution in [0.15, 0.2) is 34.3 Å². The van der Waals surface area contributed by atoms with E-state index in [9.17, 15) is 31.9 Å². The van der Waals surface area contributed by atoms with Gasteiger partial charge in [-0.25, -0.2) is 9.07 Å². The number of alkyl halides is 3. The van der Waals surface area contributed by atoms with Gasteiger partial charge in [0, 0.05) is 18.7 Å². The Balaban J connectivity index is 1.49. The quantitative estimate of drug-likeness (QED) is 0.262. The molecule has 1 aliphatic heterocycles. The number of thioether (sulfide) groups is 2. The maximum Gasteiger partial charge on any atom is 0.453 e. The van der Waals surface area contributed by atoms with Gasteiger partial charge in [0.2, 0.25) is 11.1 Å². The van der Waals surface area contributed by atoms with E-state index in [0.717, 1.165) is 4.90 Å². The second-order valence-corrected chi connectivity index (χ2v) is 8.10. The van der Waals surface area contributed by atoms with Gasteiger partial charge in [-0.1, -0.05) is 30.0 Å². The van der Waals surface area contributed by atoms with E-state index in [1.165, 1.54) is 24.3 Å². The summed E-state index contributed by atoms with van der Waals surface area (Å²) >= 11 is 1.28. The predicted octanol–water partition coefficient (Wildman–Crippen LogP) is 2.09. The fourth-order valence-corrected chi connectivity index (χ4v) is 4.03. The minimum Gasteiger partial charge on any atom is -0.354 e. The fourth-order valence-electron chi connectivity index (χ4n) is 2.48.